The summed E-state index contributed by atoms with van der Waals surface area (Å²) in [6.07, 6.45) is 1.78. The Labute approximate surface area is 99.2 Å². The van der Waals surface area contributed by atoms with Crippen LogP contribution < -0.4 is 10.6 Å². The first-order valence-electron chi connectivity index (χ1n) is 5.75. The molecule has 7 nitrogen and oxygen atoms in total. The highest BCUT2D eigenvalue weighted by atomic mass is 16.3. The van der Waals surface area contributed by atoms with Crippen molar-refractivity contribution in [3.05, 3.63) is 11.9 Å². The van der Waals surface area contributed by atoms with E-state index in [0.29, 0.717) is 24.7 Å². The van der Waals surface area contributed by atoms with Gasteiger partial charge in [0.1, 0.15) is 0 Å². The van der Waals surface area contributed by atoms with Gasteiger partial charge in [-0.05, 0) is 13.3 Å². The van der Waals surface area contributed by atoms with Gasteiger partial charge in [-0.25, -0.2) is 4.68 Å². The molecule has 1 aromatic heterocycles. The van der Waals surface area contributed by atoms with Crippen molar-refractivity contribution in [1.29, 1.82) is 0 Å². The minimum Gasteiger partial charge on any atom is -0.393 e. The number of rotatable bonds is 5. The number of hydrogen-bond donors (Lipinski definition) is 3. The molecule has 94 valence electrons. The first-order chi connectivity index (χ1) is 8.16. The Morgan fingerprint density at radius 3 is 3.12 bits per heavy atom. The van der Waals surface area contributed by atoms with E-state index >= 15 is 0 Å². The van der Waals surface area contributed by atoms with Crippen molar-refractivity contribution in [2.24, 2.45) is 0 Å². The molecule has 17 heavy (non-hydrogen) atoms. The molecular formula is C10H17N5O2. The molecule has 2 heterocycles. The highest BCUT2D eigenvalue weighted by Crippen LogP contribution is 2.09. The molecule has 7 heteroatoms. The van der Waals surface area contributed by atoms with Gasteiger partial charge >= 0.3 is 0 Å². The molecule has 1 saturated heterocycles. The SMILES string of the molecule is CC(O)CCNC(=O)c1cn(C2CNC2)nn1. The van der Waals surface area contributed by atoms with Crippen molar-refractivity contribution in [3.63, 3.8) is 0 Å². The van der Waals surface area contributed by atoms with Crippen LogP contribution in [0.15, 0.2) is 6.20 Å². The third-order valence-electron chi connectivity index (χ3n) is 2.72. The molecule has 1 aromatic rings. The van der Waals surface area contributed by atoms with Crippen molar-refractivity contribution in [2.75, 3.05) is 19.6 Å². The van der Waals surface area contributed by atoms with Crippen LogP contribution in [0.3, 0.4) is 0 Å². The Morgan fingerprint density at radius 1 is 1.76 bits per heavy atom. The largest absolute Gasteiger partial charge is 0.393 e. The van der Waals surface area contributed by atoms with Crippen LogP contribution in [-0.4, -0.2) is 51.7 Å². The normalized spacial score (nSPS) is 17.5. The minimum absolute atomic E-state index is 0.246. The van der Waals surface area contributed by atoms with E-state index in [4.69, 9.17) is 5.11 Å². The average molecular weight is 239 g/mol. The van der Waals surface area contributed by atoms with Crippen LogP contribution in [0.5, 0.6) is 0 Å². The van der Waals surface area contributed by atoms with Gasteiger partial charge in [-0.15, -0.1) is 5.10 Å². The molecule has 1 fully saturated rings. The average Bonchev–Trinajstić information content (AvgIpc) is 2.63. The Morgan fingerprint density at radius 2 is 2.53 bits per heavy atom. The number of amides is 1. The molecule has 1 atom stereocenters. The second-order valence-electron chi connectivity index (χ2n) is 4.29. The fourth-order valence-electron chi connectivity index (χ4n) is 1.50. The van der Waals surface area contributed by atoms with E-state index in [1.54, 1.807) is 17.8 Å². The third kappa shape index (κ3) is 3.01. The Bertz CT molecular complexity index is 386. The highest BCUT2D eigenvalue weighted by Gasteiger charge is 2.21. The summed E-state index contributed by atoms with van der Waals surface area (Å²) in [7, 11) is 0. The van der Waals surface area contributed by atoms with Gasteiger partial charge in [-0.3, -0.25) is 4.79 Å². The zero-order chi connectivity index (χ0) is 12.3. The topological polar surface area (TPSA) is 92.1 Å². The van der Waals surface area contributed by atoms with Crippen molar-refractivity contribution in [2.45, 2.75) is 25.5 Å². The molecule has 0 aromatic carbocycles. The maximum atomic E-state index is 11.6. The summed E-state index contributed by atoms with van der Waals surface area (Å²) in [5.41, 5.74) is 0.322. The molecular weight excluding hydrogens is 222 g/mol. The number of nitrogens with one attached hydrogen (secondary N) is 2. The zero-order valence-corrected chi connectivity index (χ0v) is 9.76. The lowest BCUT2D eigenvalue weighted by Gasteiger charge is -2.26. The lowest BCUT2D eigenvalue weighted by molar-refractivity contribution is 0.0940. The van der Waals surface area contributed by atoms with E-state index in [1.807, 2.05) is 0 Å². The van der Waals surface area contributed by atoms with Crippen LogP contribution in [-0.2, 0) is 0 Å². The number of carbonyl (C=O) groups is 1. The predicted molar refractivity (Wildman–Crippen MR) is 60.6 cm³/mol. The molecule has 3 N–H and O–H groups in total. The summed E-state index contributed by atoms with van der Waals surface area (Å²) in [6.45, 7) is 3.86. The zero-order valence-electron chi connectivity index (χ0n) is 9.76. The van der Waals surface area contributed by atoms with Crippen LogP contribution in [0.25, 0.3) is 0 Å². The maximum Gasteiger partial charge on any atom is 0.273 e. The molecule has 1 unspecified atom stereocenters. The smallest absolute Gasteiger partial charge is 0.273 e. The van der Waals surface area contributed by atoms with Crippen molar-refractivity contribution >= 4 is 5.91 Å². The van der Waals surface area contributed by atoms with Gasteiger partial charge in [0.15, 0.2) is 5.69 Å². The Kier molecular flexibility index (Phi) is 3.70. The molecule has 2 rings (SSSR count). The Hall–Kier alpha value is -1.47. The summed E-state index contributed by atoms with van der Waals surface area (Å²) in [4.78, 5) is 11.6. The maximum absolute atomic E-state index is 11.6. The summed E-state index contributed by atoms with van der Waals surface area (Å²) >= 11 is 0. The van der Waals surface area contributed by atoms with Crippen molar-refractivity contribution < 1.29 is 9.90 Å². The van der Waals surface area contributed by atoms with E-state index < -0.39 is 6.10 Å². The minimum atomic E-state index is -0.410. The van der Waals surface area contributed by atoms with E-state index in [0.717, 1.165) is 13.1 Å². The van der Waals surface area contributed by atoms with Gasteiger partial charge in [0.25, 0.3) is 5.91 Å². The fourth-order valence-corrected chi connectivity index (χ4v) is 1.50. The van der Waals surface area contributed by atoms with Gasteiger partial charge in [-0.2, -0.15) is 0 Å². The first-order valence-corrected chi connectivity index (χ1v) is 5.75. The van der Waals surface area contributed by atoms with E-state index in [2.05, 4.69) is 20.9 Å². The van der Waals surface area contributed by atoms with Crippen molar-refractivity contribution in [1.82, 2.24) is 25.6 Å². The van der Waals surface area contributed by atoms with Crippen LogP contribution in [0, 0.1) is 0 Å². The van der Waals surface area contributed by atoms with Gasteiger partial charge in [0.05, 0.1) is 18.3 Å². The molecule has 1 aliphatic rings. The first kappa shape index (κ1) is 12.0. The number of carbonyl (C=O) groups excluding carboxylic acids is 1. The van der Waals surface area contributed by atoms with Gasteiger partial charge < -0.3 is 15.7 Å². The summed E-state index contributed by atoms with van der Waals surface area (Å²) in [6, 6.07) is 0.307. The van der Waals surface area contributed by atoms with Gasteiger partial charge in [0, 0.05) is 19.6 Å². The summed E-state index contributed by atoms with van der Waals surface area (Å²) in [5.74, 6) is -0.246. The molecule has 1 aliphatic heterocycles. The van der Waals surface area contributed by atoms with Crippen LogP contribution >= 0.6 is 0 Å². The van der Waals surface area contributed by atoms with Crippen molar-refractivity contribution in [3.8, 4) is 0 Å². The molecule has 1 amide bonds. The van der Waals surface area contributed by atoms with E-state index in [-0.39, 0.29) is 5.91 Å². The van der Waals surface area contributed by atoms with Gasteiger partial charge in [-0.1, -0.05) is 5.21 Å². The van der Waals surface area contributed by atoms with E-state index in [9.17, 15) is 4.79 Å². The standard InChI is InChI=1S/C10H17N5O2/c1-7(16)2-3-12-10(17)9-6-15(14-13-9)8-4-11-5-8/h6-8,11,16H,2-5H2,1H3,(H,12,17). The summed E-state index contributed by atoms with van der Waals surface area (Å²) in [5, 5.41) is 22.6. The summed E-state index contributed by atoms with van der Waals surface area (Å²) < 4.78 is 1.71. The monoisotopic (exact) mass is 239 g/mol. The molecule has 0 saturated carbocycles. The van der Waals surface area contributed by atoms with Crippen LogP contribution in [0.4, 0.5) is 0 Å². The van der Waals surface area contributed by atoms with Crippen LogP contribution in [0.2, 0.25) is 0 Å². The molecule has 0 aliphatic carbocycles. The second-order valence-corrected chi connectivity index (χ2v) is 4.29. The predicted octanol–water partition coefficient (Wildman–Crippen LogP) is -1.08. The highest BCUT2D eigenvalue weighted by molar-refractivity contribution is 5.91. The third-order valence-corrected chi connectivity index (χ3v) is 2.72. The lowest BCUT2D eigenvalue weighted by atomic mass is 10.2. The number of aliphatic hydroxyl groups excluding tert-OH is 1. The molecule has 0 bridgehead atoms. The van der Waals surface area contributed by atoms with E-state index in [1.165, 1.54) is 0 Å². The second kappa shape index (κ2) is 5.24. The number of aliphatic hydroxyl groups is 1. The lowest BCUT2D eigenvalue weighted by Crippen LogP contribution is -2.43. The Balaban J connectivity index is 1.84. The molecule has 0 radical (unpaired) electrons. The number of aromatic nitrogens is 3. The number of hydrogen-bond acceptors (Lipinski definition) is 5. The quantitative estimate of drug-likeness (QED) is 0.608. The van der Waals surface area contributed by atoms with Crippen LogP contribution in [0.1, 0.15) is 29.9 Å². The molecule has 0 spiro atoms. The fraction of sp³-hybridized carbons (Fsp3) is 0.700. The van der Waals surface area contributed by atoms with Gasteiger partial charge in [0.2, 0.25) is 0 Å². The number of nitrogens with zero attached hydrogens (tertiary/aromatic N) is 3.